The molecule has 1 rings (SSSR count). The Morgan fingerprint density at radius 3 is 2.75 bits per heavy atom. The molecule has 0 saturated heterocycles. The van der Waals surface area contributed by atoms with Crippen LogP contribution in [0.2, 0.25) is 0 Å². The first-order valence-electron chi connectivity index (χ1n) is 6.95. The average molecular weight is 273 g/mol. The minimum Gasteiger partial charge on any atom is -0.384 e. The number of hydrogen-bond donors (Lipinski definition) is 1. The van der Waals surface area contributed by atoms with Crippen molar-refractivity contribution < 1.29 is 9.90 Å². The van der Waals surface area contributed by atoms with Crippen LogP contribution in [0.5, 0.6) is 0 Å². The maximum atomic E-state index is 12.5. The van der Waals surface area contributed by atoms with Gasteiger partial charge in [0.1, 0.15) is 6.61 Å². The third-order valence-corrected chi connectivity index (χ3v) is 3.41. The van der Waals surface area contributed by atoms with Crippen LogP contribution in [0.3, 0.4) is 0 Å². The quantitative estimate of drug-likeness (QED) is 0.856. The van der Waals surface area contributed by atoms with E-state index in [-0.39, 0.29) is 12.5 Å². The minimum absolute atomic E-state index is 0.0236. The van der Waals surface area contributed by atoms with E-state index in [2.05, 4.69) is 25.7 Å². The van der Waals surface area contributed by atoms with E-state index in [0.717, 1.165) is 24.1 Å². The summed E-state index contributed by atoms with van der Waals surface area (Å²) in [6.45, 7) is 6.76. The third kappa shape index (κ3) is 4.40. The number of rotatable bonds is 4. The highest BCUT2D eigenvalue weighted by atomic mass is 16.2. The Bertz CT molecular complexity index is 526. The molecule has 1 aromatic carbocycles. The van der Waals surface area contributed by atoms with E-state index in [1.807, 2.05) is 26.1 Å². The SMILES string of the molecule is CCC(C)CN(C)C(=O)c1cc(C#CCO)ccc1C. The molecule has 0 spiro atoms. The number of aliphatic hydroxyl groups excluding tert-OH is 1. The second kappa shape index (κ2) is 7.72. The number of aryl methyl sites for hydroxylation is 1. The van der Waals surface area contributed by atoms with Crippen LogP contribution in [0.25, 0.3) is 0 Å². The van der Waals surface area contributed by atoms with E-state index in [1.165, 1.54) is 0 Å². The van der Waals surface area contributed by atoms with Gasteiger partial charge in [0.05, 0.1) is 0 Å². The van der Waals surface area contributed by atoms with E-state index < -0.39 is 0 Å². The maximum Gasteiger partial charge on any atom is 0.253 e. The summed E-state index contributed by atoms with van der Waals surface area (Å²) in [5, 5.41) is 8.73. The minimum atomic E-state index is -0.176. The highest BCUT2D eigenvalue weighted by Gasteiger charge is 2.16. The monoisotopic (exact) mass is 273 g/mol. The van der Waals surface area contributed by atoms with Crippen molar-refractivity contribution in [2.75, 3.05) is 20.2 Å². The van der Waals surface area contributed by atoms with Crippen molar-refractivity contribution in [3.05, 3.63) is 34.9 Å². The summed E-state index contributed by atoms with van der Waals surface area (Å²) in [6.07, 6.45) is 1.05. The summed E-state index contributed by atoms with van der Waals surface area (Å²) in [6, 6.07) is 5.56. The molecule has 1 aromatic rings. The molecule has 0 saturated carbocycles. The first-order chi connectivity index (χ1) is 9.49. The molecule has 3 nitrogen and oxygen atoms in total. The van der Waals surface area contributed by atoms with Gasteiger partial charge in [-0.2, -0.15) is 0 Å². The Balaban J connectivity index is 2.96. The van der Waals surface area contributed by atoms with Crippen LogP contribution in [0, 0.1) is 24.7 Å². The first-order valence-corrected chi connectivity index (χ1v) is 6.95. The largest absolute Gasteiger partial charge is 0.384 e. The average Bonchev–Trinajstić information content (AvgIpc) is 2.45. The zero-order valence-electron chi connectivity index (χ0n) is 12.7. The van der Waals surface area contributed by atoms with Gasteiger partial charge >= 0.3 is 0 Å². The molecular formula is C17H23NO2. The topological polar surface area (TPSA) is 40.5 Å². The predicted molar refractivity (Wildman–Crippen MR) is 81.6 cm³/mol. The highest BCUT2D eigenvalue weighted by molar-refractivity contribution is 5.95. The number of aliphatic hydroxyl groups is 1. The van der Waals surface area contributed by atoms with Crippen molar-refractivity contribution in [1.29, 1.82) is 0 Å². The van der Waals surface area contributed by atoms with Gasteiger partial charge in [-0.25, -0.2) is 0 Å². The molecule has 1 atom stereocenters. The summed E-state index contributed by atoms with van der Waals surface area (Å²) in [5.41, 5.74) is 2.38. The zero-order chi connectivity index (χ0) is 15.1. The lowest BCUT2D eigenvalue weighted by atomic mass is 10.0. The fourth-order valence-electron chi connectivity index (χ4n) is 1.96. The maximum absolute atomic E-state index is 12.5. The number of amides is 1. The Kier molecular flexibility index (Phi) is 6.27. The predicted octanol–water partition coefficient (Wildman–Crippen LogP) is 2.46. The summed E-state index contributed by atoms with van der Waals surface area (Å²) < 4.78 is 0. The van der Waals surface area contributed by atoms with Gasteiger partial charge in [0.25, 0.3) is 5.91 Å². The normalized spacial score (nSPS) is 11.4. The van der Waals surface area contributed by atoms with Gasteiger partial charge in [0.2, 0.25) is 0 Å². The van der Waals surface area contributed by atoms with Crippen molar-refractivity contribution >= 4 is 5.91 Å². The molecule has 1 unspecified atom stereocenters. The molecule has 108 valence electrons. The lowest BCUT2D eigenvalue weighted by Crippen LogP contribution is -2.31. The lowest BCUT2D eigenvalue weighted by Gasteiger charge is -2.21. The van der Waals surface area contributed by atoms with Crippen LogP contribution < -0.4 is 0 Å². The third-order valence-electron chi connectivity index (χ3n) is 3.41. The summed E-state index contributed by atoms with van der Waals surface area (Å²) in [4.78, 5) is 14.2. The van der Waals surface area contributed by atoms with Gasteiger partial charge in [0.15, 0.2) is 0 Å². The van der Waals surface area contributed by atoms with Crippen LogP contribution in [-0.2, 0) is 0 Å². The van der Waals surface area contributed by atoms with Crippen molar-refractivity contribution in [3.63, 3.8) is 0 Å². The first kappa shape index (κ1) is 16.3. The summed E-state index contributed by atoms with van der Waals surface area (Å²) in [5.74, 6) is 5.95. The molecule has 0 aliphatic carbocycles. The summed E-state index contributed by atoms with van der Waals surface area (Å²) >= 11 is 0. The molecule has 20 heavy (non-hydrogen) atoms. The molecule has 0 aliphatic rings. The molecule has 0 aliphatic heterocycles. The van der Waals surface area contributed by atoms with Crippen LogP contribution in [0.4, 0.5) is 0 Å². The number of nitrogens with zero attached hydrogens (tertiary/aromatic N) is 1. The Hall–Kier alpha value is -1.79. The molecule has 0 fully saturated rings. The number of carbonyl (C=O) groups excluding carboxylic acids is 1. The van der Waals surface area contributed by atoms with Crippen LogP contribution in [-0.4, -0.2) is 36.1 Å². The van der Waals surface area contributed by atoms with Crippen LogP contribution in [0.15, 0.2) is 18.2 Å². The molecule has 0 bridgehead atoms. The van der Waals surface area contributed by atoms with Crippen molar-refractivity contribution in [1.82, 2.24) is 4.90 Å². The second-order valence-electron chi connectivity index (χ2n) is 5.19. The number of hydrogen-bond acceptors (Lipinski definition) is 2. The molecule has 1 amide bonds. The van der Waals surface area contributed by atoms with Gasteiger partial charge in [0, 0.05) is 24.7 Å². The van der Waals surface area contributed by atoms with Gasteiger partial charge in [-0.3, -0.25) is 4.79 Å². The highest BCUT2D eigenvalue weighted by Crippen LogP contribution is 2.14. The van der Waals surface area contributed by atoms with Gasteiger partial charge < -0.3 is 10.0 Å². The molecule has 1 N–H and O–H groups in total. The number of benzene rings is 1. The van der Waals surface area contributed by atoms with Crippen molar-refractivity contribution in [2.24, 2.45) is 5.92 Å². The van der Waals surface area contributed by atoms with E-state index in [0.29, 0.717) is 11.5 Å². The Morgan fingerprint density at radius 1 is 1.45 bits per heavy atom. The van der Waals surface area contributed by atoms with Crippen LogP contribution >= 0.6 is 0 Å². The fourth-order valence-corrected chi connectivity index (χ4v) is 1.96. The smallest absolute Gasteiger partial charge is 0.253 e. The van der Waals surface area contributed by atoms with E-state index in [9.17, 15) is 4.79 Å². The fraction of sp³-hybridized carbons (Fsp3) is 0.471. The Morgan fingerprint density at radius 2 is 2.15 bits per heavy atom. The molecule has 0 radical (unpaired) electrons. The standard InChI is InChI=1S/C17H23NO2/c1-5-13(2)12-18(4)17(20)16-11-15(7-6-10-19)9-8-14(16)3/h8-9,11,13,19H,5,10,12H2,1-4H3. The molecule has 0 aromatic heterocycles. The molecule has 0 heterocycles. The van der Waals surface area contributed by atoms with Crippen molar-refractivity contribution in [3.8, 4) is 11.8 Å². The van der Waals surface area contributed by atoms with E-state index in [1.54, 1.807) is 11.0 Å². The van der Waals surface area contributed by atoms with Gasteiger partial charge in [-0.05, 0) is 30.5 Å². The van der Waals surface area contributed by atoms with E-state index in [4.69, 9.17) is 5.11 Å². The molecular weight excluding hydrogens is 250 g/mol. The van der Waals surface area contributed by atoms with Gasteiger partial charge in [-0.1, -0.05) is 38.2 Å². The van der Waals surface area contributed by atoms with Crippen molar-refractivity contribution in [2.45, 2.75) is 27.2 Å². The van der Waals surface area contributed by atoms with Crippen LogP contribution in [0.1, 0.15) is 41.8 Å². The van der Waals surface area contributed by atoms with Gasteiger partial charge in [-0.15, -0.1) is 0 Å². The second-order valence-corrected chi connectivity index (χ2v) is 5.19. The zero-order valence-corrected chi connectivity index (χ0v) is 12.7. The number of carbonyl (C=O) groups is 1. The van der Waals surface area contributed by atoms with E-state index >= 15 is 0 Å². The lowest BCUT2D eigenvalue weighted by molar-refractivity contribution is 0.0774. The molecule has 3 heteroatoms. The summed E-state index contributed by atoms with van der Waals surface area (Å²) in [7, 11) is 1.83. The Labute approximate surface area is 121 Å².